The van der Waals surface area contributed by atoms with Gasteiger partial charge in [0, 0.05) is 40.7 Å². The number of hydrogen-bond acceptors (Lipinski definition) is 4. The number of carbonyl (C=O) groups excluding carboxylic acids is 1. The van der Waals surface area contributed by atoms with Gasteiger partial charge in [-0.15, -0.1) is 0 Å². The molecule has 0 saturated carbocycles. The lowest BCUT2D eigenvalue weighted by atomic mass is 10.00. The summed E-state index contributed by atoms with van der Waals surface area (Å²) in [5.41, 5.74) is 5.53. The molecule has 2 aromatic heterocycles. The predicted octanol–water partition coefficient (Wildman–Crippen LogP) is 6.05. The van der Waals surface area contributed by atoms with Crippen molar-refractivity contribution < 1.29 is 9.18 Å². The van der Waals surface area contributed by atoms with E-state index in [2.05, 4.69) is 37.8 Å². The number of H-pyrrole nitrogens is 2. The van der Waals surface area contributed by atoms with Crippen LogP contribution in [0.2, 0.25) is 0 Å². The van der Waals surface area contributed by atoms with Crippen LogP contribution in [0, 0.1) is 5.82 Å². The monoisotopic (exact) mass is 522 g/mol. The van der Waals surface area contributed by atoms with E-state index in [1.54, 1.807) is 18.2 Å². The number of likely N-dealkylation sites (tertiary alicyclic amines) is 1. The lowest BCUT2D eigenvalue weighted by molar-refractivity contribution is 0.102. The minimum absolute atomic E-state index is 0.223. The molecule has 5 aromatic rings. The van der Waals surface area contributed by atoms with Gasteiger partial charge in [-0.25, -0.2) is 4.39 Å². The van der Waals surface area contributed by atoms with Crippen molar-refractivity contribution in [2.45, 2.75) is 25.3 Å². The summed E-state index contributed by atoms with van der Waals surface area (Å²) in [5, 5.41) is 14.9. The van der Waals surface area contributed by atoms with E-state index in [9.17, 15) is 9.18 Å². The molecule has 0 radical (unpaired) electrons. The molecule has 0 bridgehead atoms. The second kappa shape index (κ2) is 10.7. The molecule has 3 aromatic carbocycles. The highest BCUT2D eigenvalue weighted by atomic mass is 19.1. The smallest absolute Gasteiger partial charge is 0.256 e. The van der Waals surface area contributed by atoms with Crippen molar-refractivity contribution in [3.05, 3.63) is 101 Å². The Labute approximate surface area is 226 Å². The van der Waals surface area contributed by atoms with Gasteiger partial charge in [-0.3, -0.25) is 9.89 Å². The Hall–Kier alpha value is -4.43. The summed E-state index contributed by atoms with van der Waals surface area (Å²) in [6, 6.07) is 24.5. The quantitative estimate of drug-likeness (QED) is 0.210. The first-order valence-corrected chi connectivity index (χ1v) is 13.3. The number of carbonyl (C=O) groups is 1. The normalized spacial score (nSPS) is 14.5. The predicted molar refractivity (Wildman–Crippen MR) is 154 cm³/mol. The number of anilines is 2. The van der Waals surface area contributed by atoms with Crippen LogP contribution in [-0.2, 0) is 6.42 Å². The maximum absolute atomic E-state index is 14.5. The SMILES string of the molecule is CN1CCC(Nc2ccc(C(=O)Nc3cc(-c4[nH]c5ccccc5c4Cc4ccccc4F)n[nH]3)cc2)CC1. The van der Waals surface area contributed by atoms with E-state index in [0.717, 1.165) is 53.8 Å². The van der Waals surface area contributed by atoms with Crippen molar-refractivity contribution >= 4 is 28.3 Å². The van der Waals surface area contributed by atoms with Gasteiger partial charge in [-0.05, 0) is 80.5 Å². The first-order valence-electron chi connectivity index (χ1n) is 13.3. The summed E-state index contributed by atoms with van der Waals surface area (Å²) in [4.78, 5) is 18.7. The maximum atomic E-state index is 14.5. The van der Waals surface area contributed by atoms with E-state index >= 15 is 0 Å². The lowest BCUT2D eigenvalue weighted by Crippen LogP contribution is -2.36. The van der Waals surface area contributed by atoms with Gasteiger partial charge in [0.1, 0.15) is 17.3 Å². The number of halogens is 1. The van der Waals surface area contributed by atoms with E-state index in [4.69, 9.17) is 0 Å². The zero-order valence-corrected chi connectivity index (χ0v) is 21.8. The van der Waals surface area contributed by atoms with Gasteiger partial charge in [0.15, 0.2) is 0 Å². The number of nitrogens with one attached hydrogen (secondary N) is 4. The number of fused-ring (bicyclic) bond motifs is 1. The number of rotatable bonds is 7. The molecule has 8 heteroatoms. The number of piperidine rings is 1. The molecule has 1 aliphatic rings. The van der Waals surface area contributed by atoms with Crippen LogP contribution < -0.4 is 10.6 Å². The zero-order valence-electron chi connectivity index (χ0n) is 21.8. The van der Waals surface area contributed by atoms with Gasteiger partial charge in [0.05, 0.1) is 5.69 Å². The number of benzene rings is 3. The number of aromatic nitrogens is 3. The zero-order chi connectivity index (χ0) is 26.8. The topological polar surface area (TPSA) is 88.8 Å². The van der Waals surface area contributed by atoms with Crippen molar-refractivity contribution in [3.63, 3.8) is 0 Å². The van der Waals surface area contributed by atoms with Crippen molar-refractivity contribution in [2.24, 2.45) is 0 Å². The van der Waals surface area contributed by atoms with Crippen LogP contribution >= 0.6 is 0 Å². The molecule has 1 aliphatic heterocycles. The van der Waals surface area contributed by atoms with E-state index in [1.165, 1.54) is 6.07 Å². The Bertz CT molecular complexity index is 1600. The fourth-order valence-corrected chi connectivity index (χ4v) is 5.25. The van der Waals surface area contributed by atoms with Crippen LogP contribution in [0.5, 0.6) is 0 Å². The molecule has 1 saturated heterocycles. The molecule has 0 spiro atoms. The molecule has 0 aliphatic carbocycles. The highest BCUT2D eigenvalue weighted by molar-refractivity contribution is 6.04. The fraction of sp³-hybridized carbons (Fsp3) is 0.226. The third kappa shape index (κ3) is 5.42. The van der Waals surface area contributed by atoms with E-state index in [0.29, 0.717) is 35.1 Å². The molecule has 4 N–H and O–H groups in total. The molecule has 1 amide bonds. The van der Waals surface area contributed by atoms with Crippen molar-refractivity contribution in [1.29, 1.82) is 0 Å². The van der Waals surface area contributed by atoms with Gasteiger partial charge < -0.3 is 20.5 Å². The lowest BCUT2D eigenvalue weighted by Gasteiger charge is -2.30. The molecular formula is C31H31FN6O. The molecule has 3 heterocycles. The van der Waals surface area contributed by atoms with Gasteiger partial charge in [0.2, 0.25) is 0 Å². The fourth-order valence-electron chi connectivity index (χ4n) is 5.25. The van der Waals surface area contributed by atoms with Crippen LogP contribution in [0.4, 0.5) is 15.9 Å². The molecule has 39 heavy (non-hydrogen) atoms. The highest BCUT2D eigenvalue weighted by Crippen LogP contribution is 2.32. The second-order valence-corrected chi connectivity index (χ2v) is 10.2. The minimum Gasteiger partial charge on any atom is -0.382 e. The standard InChI is InChI=1S/C31H31FN6O/c1-38-16-14-23(15-17-38)33-22-12-10-20(11-13-22)31(39)35-29-19-28(36-37-29)30-25(18-21-6-2-4-8-26(21)32)24-7-3-5-9-27(24)34-30/h2-13,19,23,33-34H,14-18H2,1H3,(H2,35,36,37,39). The third-order valence-electron chi connectivity index (χ3n) is 7.46. The average molecular weight is 523 g/mol. The van der Waals surface area contributed by atoms with Crippen molar-refractivity contribution in [1.82, 2.24) is 20.1 Å². The van der Waals surface area contributed by atoms with Gasteiger partial charge >= 0.3 is 0 Å². The minimum atomic E-state index is -0.240. The number of nitrogens with zero attached hydrogens (tertiary/aromatic N) is 2. The molecular weight excluding hydrogens is 491 g/mol. The number of hydrogen-bond donors (Lipinski definition) is 4. The van der Waals surface area contributed by atoms with Crippen LogP contribution in [0.1, 0.15) is 34.3 Å². The van der Waals surface area contributed by atoms with Crippen molar-refractivity contribution in [2.75, 3.05) is 30.8 Å². The number of aromatic amines is 2. The molecule has 198 valence electrons. The Kier molecular flexibility index (Phi) is 6.85. The van der Waals surface area contributed by atoms with Gasteiger partial charge in [0.25, 0.3) is 5.91 Å². The summed E-state index contributed by atoms with van der Waals surface area (Å²) in [5.74, 6) is 0.0227. The van der Waals surface area contributed by atoms with Crippen LogP contribution in [0.15, 0.2) is 78.9 Å². The van der Waals surface area contributed by atoms with Gasteiger partial charge in [-0.2, -0.15) is 5.10 Å². The van der Waals surface area contributed by atoms with Crippen LogP contribution in [0.25, 0.3) is 22.3 Å². The first kappa shape index (κ1) is 24.9. The third-order valence-corrected chi connectivity index (χ3v) is 7.46. The van der Waals surface area contributed by atoms with Gasteiger partial charge in [-0.1, -0.05) is 36.4 Å². The van der Waals surface area contributed by atoms with E-state index in [-0.39, 0.29) is 11.7 Å². The summed E-state index contributed by atoms with van der Waals surface area (Å²) in [6.45, 7) is 2.18. The summed E-state index contributed by atoms with van der Waals surface area (Å²) in [6.07, 6.45) is 2.64. The Morgan fingerprint density at radius 2 is 1.77 bits per heavy atom. The summed E-state index contributed by atoms with van der Waals surface area (Å²) >= 11 is 0. The van der Waals surface area contributed by atoms with E-state index < -0.39 is 0 Å². The second-order valence-electron chi connectivity index (χ2n) is 10.2. The Morgan fingerprint density at radius 1 is 1.03 bits per heavy atom. The molecule has 0 atom stereocenters. The largest absolute Gasteiger partial charge is 0.382 e. The summed E-state index contributed by atoms with van der Waals surface area (Å²) < 4.78 is 14.5. The molecule has 6 rings (SSSR count). The molecule has 7 nitrogen and oxygen atoms in total. The Morgan fingerprint density at radius 3 is 2.56 bits per heavy atom. The van der Waals surface area contributed by atoms with Crippen molar-refractivity contribution in [3.8, 4) is 11.4 Å². The highest BCUT2D eigenvalue weighted by Gasteiger charge is 2.19. The van der Waals surface area contributed by atoms with Crippen LogP contribution in [-0.4, -0.2) is 52.2 Å². The number of amides is 1. The Balaban J connectivity index is 1.18. The molecule has 1 fully saturated rings. The van der Waals surface area contributed by atoms with E-state index in [1.807, 2.05) is 54.6 Å². The van der Waals surface area contributed by atoms with Crippen LogP contribution in [0.3, 0.4) is 0 Å². The summed E-state index contributed by atoms with van der Waals surface area (Å²) in [7, 11) is 2.15. The average Bonchev–Trinajstić information content (AvgIpc) is 3.56. The number of para-hydroxylation sites is 1. The first-order chi connectivity index (χ1) is 19.0. The maximum Gasteiger partial charge on any atom is 0.256 e. The molecule has 0 unspecified atom stereocenters.